The number of H-pyrrole nitrogens is 1. The van der Waals surface area contributed by atoms with Gasteiger partial charge in [0.25, 0.3) is 5.91 Å². The van der Waals surface area contributed by atoms with Crippen LogP contribution in [0, 0.1) is 0 Å². The highest BCUT2D eigenvalue weighted by molar-refractivity contribution is 6.03. The molecule has 0 atom stereocenters. The van der Waals surface area contributed by atoms with Crippen molar-refractivity contribution in [3.63, 3.8) is 0 Å². The van der Waals surface area contributed by atoms with Gasteiger partial charge in [0.1, 0.15) is 17.8 Å². The molecule has 4 aromatic rings. The van der Waals surface area contributed by atoms with Gasteiger partial charge in [-0.3, -0.25) is 4.79 Å². The van der Waals surface area contributed by atoms with E-state index < -0.39 is 0 Å². The van der Waals surface area contributed by atoms with Crippen LogP contribution in [-0.4, -0.2) is 32.5 Å². The quantitative estimate of drug-likeness (QED) is 0.529. The summed E-state index contributed by atoms with van der Waals surface area (Å²) in [5, 5.41) is 4.50. The second-order valence-electron chi connectivity index (χ2n) is 6.57. The lowest BCUT2D eigenvalue weighted by atomic mass is 10.1. The number of nitrogens with zero attached hydrogens (tertiary/aromatic N) is 3. The maximum atomic E-state index is 11.9. The first kappa shape index (κ1) is 16.1. The van der Waals surface area contributed by atoms with Gasteiger partial charge in [-0.25, -0.2) is 9.97 Å². The molecule has 1 aromatic carbocycles. The van der Waals surface area contributed by atoms with Crippen molar-refractivity contribution in [1.29, 1.82) is 0 Å². The Morgan fingerprint density at radius 3 is 2.81 bits per heavy atom. The van der Waals surface area contributed by atoms with Crippen molar-refractivity contribution in [3.05, 3.63) is 42.4 Å². The lowest BCUT2D eigenvalue weighted by molar-refractivity contribution is 0.0963. The number of carbonyl (C=O) groups excluding carboxylic acids is 1. The Kier molecular flexibility index (Phi) is 3.64. The smallest absolute Gasteiger partial charge is 0.251 e. The average molecular weight is 348 g/mol. The number of nitrogens with two attached hydrogens (primary N) is 1. The minimum absolute atomic E-state index is 0.114. The number of hydrogen-bond acceptors (Lipinski definition) is 4. The number of nitrogens with one attached hydrogen (secondary N) is 2. The van der Waals surface area contributed by atoms with Crippen LogP contribution in [0.1, 0.15) is 30.2 Å². The number of rotatable bonds is 3. The third-order valence-corrected chi connectivity index (χ3v) is 4.60. The van der Waals surface area contributed by atoms with E-state index in [0.29, 0.717) is 11.4 Å². The number of nitrogen functional groups attached to an aromatic ring is 1. The van der Waals surface area contributed by atoms with Crippen LogP contribution in [-0.2, 0) is 0 Å². The fourth-order valence-corrected chi connectivity index (χ4v) is 3.26. The molecular weight excluding hydrogens is 328 g/mol. The van der Waals surface area contributed by atoms with Crippen molar-refractivity contribution in [2.24, 2.45) is 0 Å². The van der Waals surface area contributed by atoms with Gasteiger partial charge >= 0.3 is 0 Å². The molecule has 0 unspecified atom stereocenters. The summed E-state index contributed by atoms with van der Waals surface area (Å²) in [6, 6.07) is 7.88. The Labute approximate surface area is 150 Å². The molecule has 0 saturated carbocycles. The van der Waals surface area contributed by atoms with Gasteiger partial charge in [0.05, 0.1) is 5.39 Å². The number of fused-ring (bicyclic) bond motifs is 2. The molecule has 1 amide bonds. The molecule has 3 heterocycles. The van der Waals surface area contributed by atoms with E-state index in [0.717, 1.165) is 33.2 Å². The highest BCUT2D eigenvalue weighted by Gasteiger charge is 2.18. The van der Waals surface area contributed by atoms with Gasteiger partial charge in [-0.05, 0) is 32.0 Å². The Hall–Kier alpha value is -3.35. The summed E-state index contributed by atoms with van der Waals surface area (Å²) in [6.07, 6.45) is 3.53. The highest BCUT2D eigenvalue weighted by atomic mass is 16.1. The van der Waals surface area contributed by atoms with Crippen LogP contribution in [0.2, 0.25) is 0 Å². The van der Waals surface area contributed by atoms with Gasteiger partial charge in [-0.2, -0.15) is 0 Å². The third kappa shape index (κ3) is 2.40. The van der Waals surface area contributed by atoms with Crippen molar-refractivity contribution < 1.29 is 4.79 Å². The second kappa shape index (κ2) is 5.87. The number of aromatic nitrogens is 4. The van der Waals surface area contributed by atoms with E-state index >= 15 is 0 Å². The molecule has 0 aliphatic carbocycles. The Morgan fingerprint density at radius 1 is 1.27 bits per heavy atom. The number of hydrogen-bond donors (Lipinski definition) is 3. The van der Waals surface area contributed by atoms with E-state index in [1.54, 1.807) is 7.05 Å². The van der Waals surface area contributed by atoms with E-state index in [-0.39, 0.29) is 11.9 Å². The second-order valence-corrected chi connectivity index (χ2v) is 6.57. The van der Waals surface area contributed by atoms with E-state index in [9.17, 15) is 4.79 Å². The van der Waals surface area contributed by atoms with E-state index in [2.05, 4.69) is 44.7 Å². The van der Waals surface area contributed by atoms with Gasteiger partial charge in [-0.1, -0.05) is 6.07 Å². The highest BCUT2D eigenvalue weighted by Crippen LogP contribution is 2.35. The molecule has 0 radical (unpaired) electrons. The van der Waals surface area contributed by atoms with Crippen LogP contribution < -0.4 is 11.1 Å². The minimum Gasteiger partial charge on any atom is -0.383 e. The standard InChI is InChI=1S/C19H20N6O/c1-10(2)25-8-13(16-17(20)22-9-23-18(16)25)15-6-11-4-5-12(19(26)21-3)7-14(11)24-15/h4-10,24H,1-3H3,(H,21,26)(H2,20,22,23). The third-order valence-electron chi connectivity index (χ3n) is 4.60. The molecule has 0 aliphatic rings. The van der Waals surface area contributed by atoms with Crippen molar-refractivity contribution >= 4 is 33.7 Å². The lowest BCUT2D eigenvalue weighted by Gasteiger charge is -2.07. The summed E-state index contributed by atoms with van der Waals surface area (Å²) >= 11 is 0. The van der Waals surface area contributed by atoms with Crippen LogP contribution in [0.5, 0.6) is 0 Å². The zero-order chi connectivity index (χ0) is 18.4. The molecule has 4 rings (SSSR count). The van der Waals surface area contributed by atoms with E-state index in [1.165, 1.54) is 6.33 Å². The fourth-order valence-electron chi connectivity index (χ4n) is 3.26. The number of benzene rings is 1. The molecule has 132 valence electrons. The van der Waals surface area contributed by atoms with Crippen molar-refractivity contribution in [1.82, 2.24) is 24.8 Å². The minimum atomic E-state index is -0.114. The Morgan fingerprint density at radius 2 is 2.08 bits per heavy atom. The summed E-state index contributed by atoms with van der Waals surface area (Å²) < 4.78 is 2.09. The molecule has 7 heteroatoms. The van der Waals surface area contributed by atoms with Gasteiger partial charge in [0, 0.05) is 47.0 Å². The molecular formula is C19H20N6O. The summed E-state index contributed by atoms with van der Waals surface area (Å²) in [7, 11) is 1.62. The van der Waals surface area contributed by atoms with Gasteiger partial charge in [-0.15, -0.1) is 0 Å². The number of carbonyl (C=O) groups is 1. The largest absolute Gasteiger partial charge is 0.383 e. The molecule has 0 spiro atoms. The van der Waals surface area contributed by atoms with Crippen LogP contribution in [0.15, 0.2) is 36.8 Å². The molecule has 4 N–H and O–H groups in total. The molecule has 7 nitrogen and oxygen atoms in total. The summed E-state index contributed by atoms with van der Waals surface area (Å²) in [4.78, 5) is 23.8. The van der Waals surface area contributed by atoms with E-state index in [1.807, 2.05) is 24.4 Å². The number of anilines is 1. The molecule has 0 saturated heterocycles. The van der Waals surface area contributed by atoms with Crippen LogP contribution in [0.4, 0.5) is 5.82 Å². The van der Waals surface area contributed by atoms with Gasteiger partial charge in [0.2, 0.25) is 0 Å². The van der Waals surface area contributed by atoms with Crippen molar-refractivity contribution in [2.75, 3.05) is 12.8 Å². The Balaban J connectivity index is 1.94. The summed E-state index contributed by atoms with van der Waals surface area (Å²) in [6.45, 7) is 4.20. The number of aromatic amines is 1. The number of amides is 1. The zero-order valence-corrected chi connectivity index (χ0v) is 14.9. The molecule has 3 aromatic heterocycles. The van der Waals surface area contributed by atoms with Crippen LogP contribution in [0.25, 0.3) is 33.2 Å². The Bertz CT molecular complexity index is 1140. The van der Waals surface area contributed by atoms with Gasteiger partial charge in [0.15, 0.2) is 0 Å². The first-order valence-electron chi connectivity index (χ1n) is 8.46. The predicted octanol–water partition coefficient (Wildman–Crippen LogP) is 3.10. The van der Waals surface area contributed by atoms with Crippen LogP contribution in [0.3, 0.4) is 0 Å². The predicted molar refractivity (Wildman–Crippen MR) is 103 cm³/mol. The topological polar surface area (TPSA) is 102 Å². The lowest BCUT2D eigenvalue weighted by Crippen LogP contribution is -2.17. The van der Waals surface area contributed by atoms with Gasteiger partial charge < -0.3 is 20.6 Å². The fraction of sp³-hybridized carbons (Fsp3) is 0.211. The monoisotopic (exact) mass is 348 g/mol. The molecule has 0 fully saturated rings. The first-order chi connectivity index (χ1) is 12.5. The van der Waals surface area contributed by atoms with Crippen molar-refractivity contribution in [3.8, 4) is 11.3 Å². The maximum absolute atomic E-state index is 11.9. The molecule has 0 bridgehead atoms. The molecule has 26 heavy (non-hydrogen) atoms. The SMILES string of the molecule is CNC(=O)c1ccc2cc(-c3cn(C(C)C)c4ncnc(N)c34)[nH]c2c1. The summed E-state index contributed by atoms with van der Waals surface area (Å²) in [5.74, 6) is 0.339. The normalized spacial score (nSPS) is 11.5. The van der Waals surface area contributed by atoms with E-state index in [4.69, 9.17) is 5.73 Å². The average Bonchev–Trinajstić information content (AvgIpc) is 3.22. The first-order valence-corrected chi connectivity index (χ1v) is 8.46. The van der Waals surface area contributed by atoms with Crippen LogP contribution >= 0.6 is 0 Å². The summed E-state index contributed by atoms with van der Waals surface area (Å²) in [5.41, 5.74) is 10.3. The zero-order valence-electron chi connectivity index (χ0n) is 14.9. The van der Waals surface area contributed by atoms with Crippen molar-refractivity contribution in [2.45, 2.75) is 19.9 Å². The molecule has 0 aliphatic heterocycles. The maximum Gasteiger partial charge on any atom is 0.251 e.